The fourth-order valence-electron chi connectivity index (χ4n) is 2.03. The molecule has 8 nitrogen and oxygen atoms in total. The maximum atomic E-state index is 11.2. The summed E-state index contributed by atoms with van der Waals surface area (Å²) < 4.78 is 15.1. The predicted octanol–water partition coefficient (Wildman–Crippen LogP) is -0.907. The third-order valence-corrected chi connectivity index (χ3v) is 2.69. The predicted molar refractivity (Wildman–Crippen MR) is 65.3 cm³/mol. The Balaban J connectivity index is 2.82. The van der Waals surface area contributed by atoms with Gasteiger partial charge in [-0.3, -0.25) is 14.4 Å². The highest BCUT2D eigenvalue weighted by Crippen LogP contribution is 2.22. The van der Waals surface area contributed by atoms with Crippen molar-refractivity contribution in [1.82, 2.24) is 5.32 Å². The maximum Gasteiger partial charge on any atom is 0.303 e. The average molecular weight is 289 g/mol. The molecule has 0 aliphatic carbocycles. The summed E-state index contributed by atoms with van der Waals surface area (Å²) in [4.78, 5) is 33.1. The Hall–Kier alpha value is -1.67. The van der Waals surface area contributed by atoms with Crippen molar-refractivity contribution in [3.05, 3.63) is 0 Å². The first kappa shape index (κ1) is 16.4. The number of aliphatic hydroxyl groups excluding tert-OH is 1. The van der Waals surface area contributed by atoms with Crippen molar-refractivity contribution < 1.29 is 33.7 Å². The van der Waals surface area contributed by atoms with Crippen LogP contribution in [0.25, 0.3) is 0 Å². The number of aliphatic hydroxyl groups is 1. The van der Waals surface area contributed by atoms with Crippen LogP contribution >= 0.6 is 0 Å². The lowest BCUT2D eigenvalue weighted by Crippen LogP contribution is -2.58. The summed E-state index contributed by atoms with van der Waals surface area (Å²) in [5.74, 6) is -1.41. The van der Waals surface area contributed by atoms with Crippen molar-refractivity contribution in [3.63, 3.8) is 0 Å². The molecule has 114 valence electrons. The van der Waals surface area contributed by atoms with Gasteiger partial charge in [0.25, 0.3) is 0 Å². The molecule has 1 rings (SSSR count). The van der Waals surface area contributed by atoms with Gasteiger partial charge in [-0.15, -0.1) is 0 Å². The molecule has 0 radical (unpaired) electrons. The lowest BCUT2D eigenvalue weighted by molar-refractivity contribution is -0.228. The molecule has 20 heavy (non-hydrogen) atoms. The molecule has 0 spiro atoms. The third-order valence-electron chi connectivity index (χ3n) is 2.69. The number of nitrogens with one attached hydrogen (secondary N) is 1. The minimum Gasteiger partial charge on any atom is -0.463 e. The van der Waals surface area contributed by atoms with Crippen molar-refractivity contribution in [2.24, 2.45) is 0 Å². The normalized spacial score (nSPS) is 29.4. The lowest BCUT2D eigenvalue weighted by Gasteiger charge is -2.39. The van der Waals surface area contributed by atoms with Gasteiger partial charge in [-0.2, -0.15) is 0 Å². The van der Waals surface area contributed by atoms with Crippen molar-refractivity contribution in [3.8, 4) is 0 Å². The van der Waals surface area contributed by atoms with Gasteiger partial charge in [-0.1, -0.05) is 0 Å². The zero-order chi connectivity index (χ0) is 15.3. The van der Waals surface area contributed by atoms with E-state index < -0.39 is 36.5 Å². The van der Waals surface area contributed by atoms with Crippen LogP contribution in [0.1, 0.15) is 27.2 Å². The van der Waals surface area contributed by atoms with Crippen LogP contribution in [0.3, 0.4) is 0 Å². The molecule has 1 amide bonds. The topological polar surface area (TPSA) is 111 Å². The van der Waals surface area contributed by atoms with Gasteiger partial charge in [0.15, 0.2) is 12.4 Å². The van der Waals surface area contributed by atoms with Gasteiger partial charge < -0.3 is 24.6 Å². The van der Waals surface area contributed by atoms with Crippen LogP contribution in [0, 0.1) is 0 Å². The second kappa shape index (κ2) is 7.20. The van der Waals surface area contributed by atoms with E-state index in [0.29, 0.717) is 0 Å². The monoisotopic (exact) mass is 289 g/mol. The number of ether oxygens (including phenoxy) is 3. The molecule has 1 fully saturated rings. The maximum absolute atomic E-state index is 11.2. The summed E-state index contributed by atoms with van der Waals surface area (Å²) in [5, 5.41) is 12.2. The fraction of sp³-hybridized carbons (Fsp3) is 0.750. The molecule has 1 saturated heterocycles. The van der Waals surface area contributed by atoms with Crippen molar-refractivity contribution in [2.45, 2.75) is 51.7 Å². The number of rotatable bonds is 4. The molecule has 0 bridgehead atoms. The zero-order valence-corrected chi connectivity index (χ0v) is 11.6. The van der Waals surface area contributed by atoms with Crippen LogP contribution in [0.2, 0.25) is 0 Å². The van der Waals surface area contributed by atoms with Crippen molar-refractivity contribution in [2.75, 3.05) is 6.61 Å². The van der Waals surface area contributed by atoms with Gasteiger partial charge in [0.1, 0.15) is 12.7 Å². The lowest BCUT2D eigenvalue weighted by atomic mass is 9.98. The van der Waals surface area contributed by atoms with Crippen molar-refractivity contribution >= 4 is 17.8 Å². The van der Waals surface area contributed by atoms with Gasteiger partial charge in [-0.05, 0) is 0 Å². The van der Waals surface area contributed by atoms with Crippen molar-refractivity contribution in [1.29, 1.82) is 0 Å². The minimum atomic E-state index is -1.14. The van der Waals surface area contributed by atoms with Gasteiger partial charge in [0, 0.05) is 27.2 Å². The summed E-state index contributed by atoms with van der Waals surface area (Å²) in [7, 11) is 0. The fourth-order valence-corrected chi connectivity index (χ4v) is 2.03. The Morgan fingerprint density at radius 3 is 2.40 bits per heavy atom. The Bertz CT molecular complexity index is 384. The van der Waals surface area contributed by atoms with E-state index >= 15 is 0 Å². The molecule has 4 atom stereocenters. The number of carbonyl (C=O) groups is 3. The van der Waals surface area contributed by atoms with Crippen LogP contribution in [0.15, 0.2) is 0 Å². The highest BCUT2D eigenvalue weighted by molar-refractivity contribution is 5.73. The van der Waals surface area contributed by atoms with E-state index in [9.17, 15) is 19.5 Å². The standard InChI is InChI=1S/C12H19NO7/c1-6(14)13-9-4-11(17)20-10(5-18-7(2)15)12(9)19-8(3)16/h9-12,17H,4-5H2,1-3H3,(H,13,14)/t9-,10-,11-,12-/m1/s1. The van der Waals surface area contributed by atoms with E-state index in [-0.39, 0.29) is 18.9 Å². The largest absolute Gasteiger partial charge is 0.463 e. The van der Waals surface area contributed by atoms with Gasteiger partial charge in [0.05, 0.1) is 6.04 Å². The number of hydrogen-bond acceptors (Lipinski definition) is 7. The van der Waals surface area contributed by atoms with E-state index in [1.54, 1.807) is 0 Å². The van der Waals surface area contributed by atoms with E-state index in [2.05, 4.69) is 5.32 Å². The molecule has 2 N–H and O–H groups in total. The van der Waals surface area contributed by atoms with Crippen LogP contribution < -0.4 is 5.32 Å². The number of hydrogen-bond donors (Lipinski definition) is 2. The zero-order valence-electron chi connectivity index (χ0n) is 11.6. The molecule has 1 heterocycles. The smallest absolute Gasteiger partial charge is 0.303 e. The molecular formula is C12H19NO7. The Labute approximate surface area is 116 Å². The first-order valence-electron chi connectivity index (χ1n) is 6.20. The SMILES string of the molecule is CC(=O)N[C@@H]1C[C@H](O)O[C@H](COC(C)=O)[C@@H]1OC(C)=O. The van der Waals surface area contributed by atoms with E-state index in [4.69, 9.17) is 14.2 Å². The minimum absolute atomic E-state index is 0.0775. The highest BCUT2D eigenvalue weighted by atomic mass is 16.6. The summed E-state index contributed by atoms with van der Waals surface area (Å²) in [6.45, 7) is 3.58. The summed E-state index contributed by atoms with van der Waals surface area (Å²) in [6, 6.07) is -0.610. The number of carbonyl (C=O) groups excluding carboxylic acids is 3. The van der Waals surface area contributed by atoms with Gasteiger partial charge in [0.2, 0.25) is 5.91 Å². The first-order valence-corrected chi connectivity index (χ1v) is 6.20. The Kier molecular flexibility index (Phi) is 5.90. The number of esters is 2. The van der Waals surface area contributed by atoms with Crippen LogP contribution in [0.5, 0.6) is 0 Å². The van der Waals surface area contributed by atoms with E-state index in [1.807, 2.05) is 0 Å². The molecule has 0 unspecified atom stereocenters. The number of amides is 1. The van der Waals surface area contributed by atoms with Gasteiger partial charge in [-0.25, -0.2) is 0 Å². The molecular weight excluding hydrogens is 270 g/mol. The molecule has 0 aromatic carbocycles. The summed E-state index contributed by atoms with van der Waals surface area (Å²) in [6.07, 6.45) is -2.74. The molecule has 0 saturated carbocycles. The van der Waals surface area contributed by atoms with Crippen LogP contribution in [-0.4, -0.2) is 54.1 Å². The Morgan fingerprint density at radius 2 is 1.90 bits per heavy atom. The first-order chi connectivity index (χ1) is 9.29. The van der Waals surface area contributed by atoms with E-state index in [1.165, 1.54) is 20.8 Å². The highest BCUT2D eigenvalue weighted by Gasteiger charge is 2.41. The molecule has 0 aromatic rings. The summed E-state index contributed by atoms with van der Waals surface area (Å²) >= 11 is 0. The summed E-state index contributed by atoms with van der Waals surface area (Å²) in [5.41, 5.74) is 0. The molecule has 1 aliphatic rings. The van der Waals surface area contributed by atoms with Crippen LogP contribution in [-0.2, 0) is 28.6 Å². The molecule has 1 aliphatic heterocycles. The quantitative estimate of drug-likeness (QED) is 0.645. The van der Waals surface area contributed by atoms with Gasteiger partial charge >= 0.3 is 11.9 Å². The van der Waals surface area contributed by atoms with Crippen LogP contribution in [0.4, 0.5) is 0 Å². The molecule has 8 heteroatoms. The third kappa shape index (κ3) is 5.14. The molecule has 0 aromatic heterocycles. The second-order valence-electron chi connectivity index (χ2n) is 4.55. The second-order valence-corrected chi connectivity index (χ2v) is 4.55. The average Bonchev–Trinajstić information content (AvgIpc) is 2.28. The Morgan fingerprint density at radius 1 is 1.25 bits per heavy atom. The van der Waals surface area contributed by atoms with E-state index in [0.717, 1.165) is 0 Å².